The minimum Gasteiger partial charge on any atom is -0.390 e. The molecule has 2 saturated heterocycles. The van der Waals surface area contributed by atoms with Gasteiger partial charge < -0.3 is 20.5 Å². The van der Waals surface area contributed by atoms with Crippen LogP contribution in [-0.4, -0.2) is 78.6 Å². The molecule has 3 unspecified atom stereocenters. The Balaban J connectivity index is 1.64. The number of carbonyl (C=O) groups is 2. The Hall–Kier alpha value is -2.08. The van der Waals surface area contributed by atoms with Crippen molar-refractivity contribution < 1.29 is 27.9 Å². The van der Waals surface area contributed by atoms with Crippen molar-refractivity contribution in [1.29, 1.82) is 0 Å². The third-order valence-corrected chi connectivity index (χ3v) is 7.69. The maximum atomic E-state index is 13.0. The Kier molecular flexibility index (Phi) is 8.80. The van der Waals surface area contributed by atoms with E-state index in [1.165, 1.54) is 16.6 Å². The molecule has 0 bridgehead atoms. The molecule has 10 nitrogen and oxygen atoms in total. The summed E-state index contributed by atoms with van der Waals surface area (Å²) in [6.45, 7) is 4.51. The molecule has 3 rings (SSSR count). The van der Waals surface area contributed by atoms with Gasteiger partial charge in [-0.05, 0) is 50.2 Å². The van der Waals surface area contributed by atoms with Gasteiger partial charge in [0.15, 0.2) is 5.03 Å². The fourth-order valence-electron chi connectivity index (χ4n) is 4.16. The predicted octanol–water partition coefficient (Wildman–Crippen LogP) is 0.422. The zero-order valence-electron chi connectivity index (χ0n) is 19.1. The molecule has 1 aromatic rings. The SMILES string of the molecule is CC(C)C[C@H](NC(=O)C1CCCO1)C(=O)NC1CCCN(S(=O)(=O)c2ccccn2)CC1O. The maximum Gasteiger partial charge on any atom is 0.260 e. The number of rotatable bonds is 8. The number of aromatic nitrogens is 1. The number of carbonyl (C=O) groups excluding carboxylic acids is 2. The Morgan fingerprint density at radius 2 is 2.06 bits per heavy atom. The summed E-state index contributed by atoms with van der Waals surface area (Å²) in [5, 5.41) is 16.3. The van der Waals surface area contributed by atoms with Crippen molar-refractivity contribution in [2.75, 3.05) is 19.7 Å². The Bertz CT molecular complexity index is 905. The Labute approximate surface area is 195 Å². The number of hydrogen-bond donors (Lipinski definition) is 3. The Morgan fingerprint density at radius 1 is 1.27 bits per heavy atom. The molecule has 4 atom stereocenters. The topological polar surface area (TPSA) is 138 Å². The van der Waals surface area contributed by atoms with E-state index in [4.69, 9.17) is 4.74 Å². The smallest absolute Gasteiger partial charge is 0.260 e. The fourth-order valence-corrected chi connectivity index (χ4v) is 5.59. The molecule has 2 amide bonds. The molecule has 33 heavy (non-hydrogen) atoms. The third kappa shape index (κ3) is 6.72. The van der Waals surface area contributed by atoms with Gasteiger partial charge in [0, 0.05) is 25.9 Å². The normalized spacial score (nSPS) is 25.4. The van der Waals surface area contributed by atoms with Crippen LogP contribution in [-0.2, 0) is 24.3 Å². The first-order valence-electron chi connectivity index (χ1n) is 11.5. The Morgan fingerprint density at radius 3 is 2.70 bits per heavy atom. The van der Waals surface area contributed by atoms with E-state index in [9.17, 15) is 23.1 Å². The first-order valence-corrected chi connectivity index (χ1v) is 12.9. The third-order valence-electron chi connectivity index (χ3n) is 5.91. The molecule has 0 aromatic carbocycles. The van der Waals surface area contributed by atoms with Crippen LogP contribution < -0.4 is 10.6 Å². The average Bonchev–Trinajstić information content (AvgIpc) is 3.26. The van der Waals surface area contributed by atoms with Crippen molar-refractivity contribution >= 4 is 21.8 Å². The zero-order valence-corrected chi connectivity index (χ0v) is 20.0. The molecule has 3 heterocycles. The summed E-state index contributed by atoms with van der Waals surface area (Å²) < 4.78 is 32.4. The summed E-state index contributed by atoms with van der Waals surface area (Å²) in [7, 11) is -3.85. The highest BCUT2D eigenvalue weighted by Crippen LogP contribution is 2.20. The van der Waals surface area contributed by atoms with Gasteiger partial charge >= 0.3 is 0 Å². The van der Waals surface area contributed by atoms with E-state index in [1.807, 2.05) is 13.8 Å². The predicted molar refractivity (Wildman–Crippen MR) is 121 cm³/mol. The van der Waals surface area contributed by atoms with Gasteiger partial charge in [-0.15, -0.1) is 0 Å². The molecule has 0 saturated carbocycles. The second-order valence-electron chi connectivity index (χ2n) is 9.05. The van der Waals surface area contributed by atoms with E-state index in [1.54, 1.807) is 12.1 Å². The highest BCUT2D eigenvalue weighted by molar-refractivity contribution is 7.89. The lowest BCUT2D eigenvalue weighted by molar-refractivity contribution is -0.135. The van der Waals surface area contributed by atoms with Gasteiger partial charge in [-0.25, -0.2) is 13.4 Å². The molecule has 0 spiro atoms. The first-order chi connectivity index (χ1) is 15.7. The summed E-state index contributed by atoms with van der Waals surface area (Å²) in [4.78, 5) is 29.5. The van der Waals surface area contributed by atoms with Crippen molar-refractivity contribution in [3.63, 3.8) is 0 Å². The lowest BCUT2D eigenvalue weighted by atomic mass is 10.0. The molecular formula is C22H34N4O6S. The van der Waals surface area contributed by atoms with Crippen LogP contribution in [0.4, 0.5) is 0 Å². The molecule has 1 aromatic heterocycles. The second-order valence-corrected chi connectivity index (χ2v) is 10.9. The van der Waals surface area contributed by atoms with Crippen LogP contribution in [0.25, 0.3) is 0 Å². The number of aliphatic hydroxyl groups is 1. The molecule has 2 aliphatic rings. The van der Waals surface area contributed by atoms with Gasteiger partial charge in [0.1, 0.15) is 12.1 Å². The minimum atomic E-state index is -3.85. The number of amides is 2. The van der Waals surface area contributed by atoms with Crippen molar-refractivity contribution in [2.45, 2.75) is 75.3 Å². The van der Waals surface area contributed by atoms with E-state index >= 15 is 0 Å². The van der Waals surface area contributed by atoms with Crippen LogP contribution in [0, 0.1) is 5.92 Å². The first kappa shape index (κ1) is 25.5. The second kappa shape index (κ2) is 11.4. The van der Waals surface area contributed by atoms with Crippen molar-refractivity contribution in [1.82, 2.24) is 19.9 Å². The largest absolute Gasteiger partial charge is 0.390 e. The van der Waals surface area contributed by atoms with Crippen LogP contribution in [0.2, 0.25) is 0 Å². The number of β-amino-alcohol motifs (C(OH)–C–C–N with tert-alkyl or cyclic N) is 1. The van der Waals surface area contributed by atoms with Gasteiger partial charge in [-0.2, -0.15) is 4.31 Å². The van der Waals surface area contributed by atoms with Gasteiger partial charge in [-0.3, -0.25) is 9.59 Å². The standard InChI is InChI=1S/C22H34N4O6S/c1-15(2)13-17(25-22(29)19-8-6-12-32-19)21(28)24-16-7-5-11-26(14-18(16)27)33(30,31)20-9-3-4-10-23-20/h3-4,9-10,15-19,27H,5-8,11-14H2,1-2H3,(H,24,28)(H,25,29)/t16?,17-,18?,19?/m0/s1. The molecule has 0 aliphatic carbocycles. The molecular weight excluding hydrogens is 448 g/mol. The summed E-state index contributed by atoms with van der Waals surface area (Å²) >= 11 is 0. The van der Waals surface area contributed by atoms with E-state index in [0.717, 1.165) is 6.42 Å². The highest BCUT2D eigenvalue weighted by Gasteiger charge is 2.35. The van der Waals surface area contributed by atoms with Crippen LogP contribution >= 0.6 is 0 Å². The number of sulfonamides is 1. The van der Waals surface area contributed by atoms with Gasteiger partial charge in [0.2, 0.25) is 11.8 Å². The molecule has 2 aliphatic heterocycles. The number of nitrogens with one attached hydrogen (secondary N) is 2. The van der Waals surface area contributed by atoms with E-state index in [0.29, 0.717) is 32.3 Å². The lowest BCUT2D eigenvalue weighted by Gasteiger charge is -2.27. The maximum absolute atomic E-state index is 13.0. The van der Waals surface area contributed by atoms with Crippen LogP contribution in [0.1, 0.15) is 46.0 Å². The quantitative estimate of drug-likeness (QED) is 0.488. The molecule has 2 fully saturated rings. The van der Waals surface area contributed by atoms with Crippen LogP contribution in [0.3, 0.4) is 0 Å². The molecule has 0 radical (unpaired) electrons. The number of hydrogen-bond acceptors (Lipinski definition) is 7. The summed E-state index contributed by atoms with van der Waals surface area (Å²) in [6, 6.07) is 3.25. The number of nitrogens with zero attached hydrogens (tertiary/aromatic N) is 2. The van der Waals surface area contributed by atoms with E-state index < -0.39 is 34.3 Å². The monoisotopic (exact) mass is 482 g/mol. The van der Waals surface area contributed by atoms with Crippen LogP contribution in [0.5, 0.6) is 0 Å². The summed E-state index contributed by atoms with van der Waals surface area (Å²) in [5.41, 5.74) is 0. The summed E-state index contributed by atoms with van der Waals surface area (Å²) in [5.74, 6) is -0.536. The van der Waals surface area contributed by atoms with Crippen LogP contribution in [0.15, 0.2) is 29.4 Å². The van der Waals surface area contributed by atoms with Crippen molar-refractivity contribution in [3.8, 4) is 0 Å². The highest BCUT2D eigenvalue weighted by atomic mass is 32.2. The summed E-state index contributed by atoms with van der Waals surface area (Å²) in [6.07, 6.45) is 2.52. The lowest BCUT2D eigenvalue weighted by Crippen LogP contribution is -2.55. The molecule has 11 heteroatoms. The number of pyridine rings is 1. The van der Waals surface area contributed by atoms with Gasteiger partial charge in [0.05, 0.1) is 12.1 Å². The minimum absolute atomic E-state index is 0.0754. The average molecular weight is 483 g/mol. The number of aliphatic hydroxyl groups excluding tert-OH is 1. The molecule has 184 valence electrons. The fraction of sp³-hybridized carbons (Fsp3) is 0.682. The van der Waals surface area contributed by atoms with E-state index in [2.05, 4.69) is 15.6 Å². The number of ether oxygens (including phenoxy) is 1. The van der Waals surface area contributed by atoms with Gasteiger partial charge in [0.25, 0.3) is 10.0 Å². The van der Waals surface area contributed by atoms with E-state index in [-0.39, 0.29) is 35.8 Å². The molecule has 3 N–H and O–H groups in total. The van der Waals surface area contributed by atoms with Crippen molar-refractivity contribution in [3.05, 3.63) is 24.4 Å². The van der Waals surface area contributed by atoms with Gasteiger partial charge in [-0.1, -0.05) is 19.9 Å². The van der Waals surface area contributed by atoms with Crippen molar-refractivity contribution in [2.24, 2.45) is 5.92 Å². The zero-order chi connectivity index (χ0) is 24.0.